The second-order valence-electron chi connectivity index (χ2n) is 3.66. The van der Waals surface area contributed by atoms with Crippen molar-refractivity contribution in [1.82, 2.24) is 5.32 Å². The van der Waals surface area contributed by atoms with Gasteiger partial charge >= 0.3 is 0 Å². The zero-order valence-electron chi connectivity index (χ0n) is 9.22. The van der Waals surface area contributed by atoms with Gasteiger partial charge in [0.05, 0.1) is 0 Å². The van der Waals surface area contributed by atoms with Crippen molar-refractivity contribution in [2.45, 2.75) is 33.7 Å². The van der Waals surface area contributed by atoms with Crippen molar-refractivity contribution in [3.63, 3.8) is 0 Å². The highest BCUT2D eigenvalue weighted by atomic mass is 14.9. The minimum absolute atomic E-state index is 0.549. The van der Waals surface area contributed by atoms with Crippen molar-refractivity contribution in [1.29, 1.82) is 0 Å². The van der Waals surface area contributed by atoms with Crippen LogP contribution in [0, 0.1) is 0 Å². The van der Waals surface area contributed by atoms with Crippen molar-refractivity contribution in [2.75, 3.05) is 6.54 Å². The molecule has 13 heavy (non-hydrogen) atoms. The first-order valence-corrected chi connectivity index (χ1v) is 4.76. The molecule has 0 amide bonds. The van der Waals surface area contributed by atoms with E-state index >= 15 is 0 Å². The summed E-state index contributed by atoms with van der Waals surface area (Å²) in [6.45, 7) is 13.1. The van der Waals surface area contributed by atoms with E-state index in [1.54, 1.807) is 0 Å². The SMILES string of the molecule is C=C/C(C)=C\C=C(/C)CNC(C)C. The van der Waals surface area contributed by atoms with Gasteiger partial charge in [0, 0.05) is 12.6 Å². The van der Waals surface area contributed by atoms with Gasteiger partial charge in [-0.3, -0.25) is 0 Å². The quantitative estimate of drug-likeness (QED) is 0.640. The Kier molecular flexibility index (Phi) is 6.25. The van der Waals surface area contributed by atoms with Gasteiger partial charge in [-0.05, 0) is 13.8 Å². The zero-order valence-corrected chi connectivity index (χ0v) is 9.22. The predicted octanol–water partition coefficient (Wildman–Crippen LogP) is 3.06. The van der Waals surface area contributed by atoms with E-state index in [0.717, 1.165) is 6.54 Å². The van der Waals surface area contributed by atoms with Crippen molar-refractivity contribution in [3.8, 4) is 0 Å². The molecule has 0 fully saturated rings. The lowest BCUT2D eigenvalue weighted by atomic mass is 10.2. The Morgan fingerprint density at radius 3 is 2.38 bits per heavy atom. The first kappa shape index (κ1) is 12.2. The van der Waals surface area contributed by atoms with Crippen LogP contribution in [0.25, 0.3) is 0 Å². The van der Waals surface area contributed by atoms with Gasteiger partial charge in [0.1, 0.15) is 0 Å². The molecule has 0 atom stereocenters. The molecule has 0 aliphatic carbocycles. The van der Waals surface area contributed by atoms with Gasteiger partial charge in [-0.2, -0.15) is 0 Å². The highest BCUT2D eigenvalue weighted by molar-refractivity contribution is 5.22. The van der Waals surface area contributed by atoms with Gasteiger partial charge in [0.2, 0.25) is 0 Å². The van der Waals surface area contributed by atoms with Crippen LogP contribution in [-0.2, 0) is 0 Å². The van der Waals surface area contributed by atoms with Gasteiger partial charge < -0.3 is 5.32 Å². The standard InChI is InChI=1S/C12H21N/c1-6-11(4)7-8-12(5)9-13-10(2)3/h6-8,10,13H,1,9H2,2-5H3/b11-7-,12-8+. The molecule has 1 N–H and O–H groups in total. The maximum atomic E-state index is 3.70. The van der Waals surface area contributed by atoms with E-state index in [-0.39, 0.29) is 0 Å². The van der Waals surface area contributed by atoms with E-state index in [0.29, 0.717) is 6.04 Å². The maximum absolute atomic E-state index is 3.70. The van der Waals surface area contributed by atoms with Crippen LogP contribution >= 0.6 is 0 Å². The van der Waals surface area contributed by atoms with Crippen LogP contribution < -0.4 is 5.32 Å². The fourth-order valence-corrected chi connectivity index (χ4v) is 0.766. The molecule has 0 saturated heterocycles. The summed E-state index contributed by atoms with van der Waals surface area (Å²) in [5.74, 6) is 0. The van der Waals surface area contributed by atoms with E-state index in [9.17, 15) is 0 Å². The molecule has 0 saturated carbocycles. The molecule has 0 aliphatic heterocycles. The van der Waals surface area contributed by atoms with Crippen LogP contribution in [0.15, 0.2) is 36.0 Å². The van der Waals surface area contributed by atoms with Crippen molar-refractivity contribution < 1.29 is 0 Å². The molecule has 0 aromatic heterocycles. The summed E-state index contributed by atoms with van der Waals surface area (Å²) in [6, 6.07) is 0.549. The van der Waals surface area contributed by atoms with Crippen LogP contribution in [0.1, 0.15) is 27.7 Å². The summed E-state index contributed by atoms with van der Waals surface area (Å²) < 4.78 is 0. The first-order valence-electron chi connectivity index (χ1n) is 4.76. The van der Waals surface area contributed by atoms with Gasteiger partial charge in [-0.1, -0.05) is 49.8 Å². The molecular formula is C12H21N. The van der Waals surface area contributed by atoms with E-state index in [1.165, 1.54) is 11.1 Å². The molecule has 0 heterocycles. The number of hydrogen-bond acceptors (Lipinski definition) is 1. The molecule has 0 unspecified atom stereocenters. The molecule has 0 bridgehead atoms. The molecular weight excluding hydrogens is 158 g/mol. The van der Waals surface area contributed by atoms with Crippen molar-refractivity contribution in [2.24, 2.45) is 0 Å². The summed E-state index contributed by atoms with van der Waals surface area (Å²) in [5.41, 5.74) is 2.54. The zero-order chi connectivity index (χ0) is 10.3. The van der Waals surface area contributed by atoms with Crippen LogP contribution in [0.5, 0.6) is 0 Å². The van der Waals surface area contributed by atoms with E-state index < -0.39 is 0 Å². The first-order chi connectivity index (χ1) is 6.06. The lowest BCUT2D eigenvalue weighted by Gasteiger charge is -2.07. The fourth-order valence-electron chi connectivity index (χ4n) is 0.766. The largest absolute Gasteiger partial charge is 0.311 e. The average Bonchev–Trinajstić information content (AvgIpc) is 2.10. The molecule has 1 nitrogen and oxygen atoms in total. The Morgan fingerprint density at radius 2 is 1.92 bits per heavy atom. The second kappa shape index (κ2) is 6.67. The molecule has 0 aromatic rings. The Labute approximate surface area is 82.2 Å². The third-order valence-corrected chi connectivity index (χ3v) is 1.74. The number of allylic oxidation sites excluding steroid dienone is 4. The molecule has 0 aliphatic rings. The van der Waals surface area contributed by atoms with Crippen LogP contribution in [0.3, 0.4) is 0 Å². The van der Waals surface area contributed by atoms with E-state index in [2.05, 4.69) is 44.8 Å². The lowest BCUT2D eigenvalue weighted by molar-refractivity contribution is 0.621. The Bertz CT molecular complexity index is 209. The summed E-state index contributed by atoms with van der Waals surface area (Å²) in [4.78, 5) is 0. The monoisotopic (exact) mass is 179 g/mol. The molecule has 0 radical (unpaired) electrons. The smallest absolute Gasteiger partial charge is 0.0167 e. The Balaban J connectivity index is 3.95. The topological polar surface area (TPSA) is 12.0 Å². The molecule has 1 heteroatoms. The number of nitrogens with one attached hydrogen (secondary N) is 1. The fraction of sp³-hybridized carbons (Fsp3) is 0.500. The molecule has 74 valence electrons. The van der Waals surface area contributed by atoms with Gasteiger partial charge in [-0.15, -0.1) is 0 Å². The maximum Gasteiger partial charge on any atom is 0.0167 e. The lowest BCUT2D eigenvalue weighted by Crippen LogP contribution is -2.24. The Morgan fingerprint density at radius 1 is 1.31 bits per heavy atom. The average molecular weight is 179 g/mol. The molecule has 0 rings (SSSR count). The third-order valence-electron chi connectivity index (χ3n) is 1.74. The summed E-state index contributed by atoms with van der Waals surface area (Å²) >= 11 is 0. The summed E-state index contributed by atoms with van der Waals surface area (Å²) in [7, 11) is 0. The molecule has 0 aromatic carbocycles. The third kappa shape index (κ3) is 7.54. The van der Waals surface area contributed by atoms with Gasteiger partial charge in [0.15, 0.2) is 0 Å². The van der Waals surface area contributed by atoms with Crippen molar-refractivity contribution in [3.05, 3.63) is 36.0 Å². The highest BCUT2D eigenvalue weighted by Crippen LogP contribution is 1.97. The van der Waals surface area contributed by atoms with E-state index in [4.69, 9.17) is 0 Å². The summed E-state index contributed by atoms with van der Waals surface area (Å²) in [6.07, 6.45) is 6.08. The predicted molar refractivity (Wildman–Crippen MR) is 60.8 cm³/mol. The second-order valence-corrected chi connectivity index (χ2v) is 3.66. The van der Waals surface area contributed by atoms with Gasteiger partial charge in [-0.25, -0.2) is 0 Å². The van der Waals surface area contributed by atoms with Crippen LogP contribution in [0.2, 0.25) is 0 Å². The van der Waals surface area contributed by atoms with E-state index in [1.807, 2.05) is 13.0 Å². The minimum atomic E-state index is 0.549. The van der Waals surface area contributed by atoms with Crippen LogP contribution in [0.4, 0.5) is 0 Å². The number of hydrogen-bond donors (Lipinski definition) is 1. The Hall–Kier alpha value is -0.820. The number of rotatable bonds is 5. The normalized spacial score (nSPS) is 13.6. The van der Waals surface area contributed by atoms with Crippen molar-refractivity contribution >= 4 is 0 Å². The highest BCUT2D eigenvalue weighted by Gasteiger charge is 1.91. The minimum Gasteiger partial charge on any atom is -0.311 e. The van der Waals surface area contributed by atoms with Crippen LogP contribution in [-0.4, -0.2) is 12.6 Å². The molecule has 0 spiro atoms. The summed E-state index contributed by atoms with van der Waals surface area (Å²) in [5, 5.41) is 3.36. The van der Waals surface area contributed by atoms with Gasteiger partial charge in [0.25, 0.3) is 0 Å².